The molecule has 6 nitrogen and oxygen atoms in total. The largest absolute Gasteiger partial charge is 0.475 e. The fourth-order valence-electron chi connectivity index (χ4n) is 2.29. The second kappa shape index (κ2) is 7.63. The Bertz CT molecular complexity index is 792. The topological polar surface area (TPSA) is 91.1 Å². The molecular weight excluding hydrogens is 362 g/mol. The minimum absolute atomic E-state index is 0.116. The molecule has 140 valence electrons. The maximum absolute atomic E-state index is 13.6. The summed E-state index contributed by atoms with van der Waals surface area (Å²) in [6, 6.07) is 7.39. The van der Waals surface area contributed by atoms with Crippen LogP contribution in [0, 0.1) is 4.78 Å². The van der Waals surface area contributed by atoms with E-state index in [2.05, 4.69) is 15.3 Å². The molecule has 3 N–H and O–H groups in total. The van der Waals surface area contributed by atoms with Gasteiger partial charge in [0.25, 0.3) is 5.92 Å². The molecule has 3 rings (SSSR count). The normalized spacial score (nSPS) is 15.5. The summed E-state index contributed by atoms with van der Waals surface area (Å²) in [6.45, 7) is 0.293. The zero-order chi connectivity index (χ0) is 18.7. The second-order valence-electron chi connectivity index (χ2n) is 6.06. The van der Waals surface area contributed by atoms with E-state index in [0.29, 0.717) is 10.9 Å². The van der Waals surface area contributed by atoms with E-state index >= 15 is 0 Å². The quantitative estimate of drug-likeness (QED) is 0.649. The second-order valence-corrected chi connectivity index (χ2v) is 7.87. The maximum atomic E-state index is 13.6. The van der Waals surface area contributed by atoms with E-state index in [-0.39, 0.29) is 25.0 Å². The zero-order valence-corrected chi connectivity index (χ0v) is 15.0. The molecular formula is C17H20F2N4O2S. The molecule has 0 aliphatic heterocycles. The lowest BCUT2D eigenvalue weighted by molar-refractivity contribution is 0.0129. The number of benzene rings is 1. The molecule has 0 bridgehead atoms. The Hall–Kier alpha value is -2.13. The van der Waals surface area contributed by atoms with Crippen molar-refractivity contribution in [2.24, 2.45) is 0 Å². The third-order valence-corrected chi connectivity index (χ3v) is 5.70. The van der Waals surface area contributed by atoms with Gasteiger partial charge in [0, 0.05) is 29.0 Å². The summed E-state index contributed by atoms with van der Waals surface area (Å²) in [5, 5.41) is 12.3. The van der Waals surface area contributed by atoms with Crippen LogP contribution in [-0.4, -0.2) is 33.5 Å². The van der Waals surface area contributed by atoms with Gasteiger partial charge in [0.05, 0.1) is 6.61 Å². The van der Waals surface area contributed by atoms with Crippen LogP contribution in [0.25, 0.3) is 0 Å². The van der Waals surface area contributed by atoms with Crippen LogP contribution in [0.5, 0.6) is 5.88 Å². The third kappa shape index (κ3) is 4.53. The average molecular weight is 382 g/mol. The van der Waals surface area contributed by atoms with E-state index in [1.807, 2.05) is 24.3 Å². The maximum Gasteiger partial charge on any atom is 0.277 e. The molecule has 1 unspecified atom stereocenters. The van der Waals surface area contributed by atoms with E-state index in [1.165, 1.54) is 0 Å². The van der Waals surface area contributed by atoms with Gasteiger partial charge in [-0.25, -0.2) is 13.8 Å². The molecule has 1 aromatic heterocycles. The van der Waals surface area contributed by atoms with Crippen molar-refractivity contribution in [1.29, 1.82) is 4.78 Å². The minimum Gasteiger partial charge on any atom is -0.475 e. The molecule has 0 amide bonds. The number of aliphatic hydroxyl groups is 1. The molecule has 1 saturated carbocycles. The molecule has 1 aromatic carbocycles. The van der Waals surface area contributed by atoms with Crippen molar-refractivity contribution in [3.8, 4) is 5.88 Å². The number of aliphatic hydroxyl groups excluding tert-OH is 1. The summed E-state index contributed by atoms with van der Waals surface area (Å²) in [4.78, 5) is 8.90. The number of anilines is 2. The van der Waals surface area contributed by atoms with Crippen LogP contribution in [0.1, 0.15) is 25.3 Å². The Morgan fingerprint density at radius 3 is 2.62 bits per heavy atom. The minimum atomic E-state index is -3.15. The predicted octanol–water partition coefficient (Wildman–Crippen LogP) is 3.60. The van der Waals surface area contributed by atoms with Crippen molar-refractivity contribution < 1.29 is 18.6 Å². The monoisotopic (exact) mass is 382 g/mol. The fourth-order valence-corrected chi connectivity index (χ4v) is 3.71. The van der Waals surface area contributed by atoms with Crippen molar-refractivity contribution in [3.63, 3.8) is 0 Å². The standard InChI is InChI=1S/C17H20F2N4O2S/c1-17(18,19)14-10-21-16(23-15(14)25-9-8-24)22-11-2-4-12(5-3-11)26(20)13-6-7-13/h2-5,10,13,20,24H,6-9H2,1H3,(H,21,22,23). The first-order valence-corrected chi connectivity index (χ1v) is 9.47. The molecule has 0 radical (unpaired) electrons. The van der Waals surface area contributed by atoms with Crippen molar-refractivity contribution in [2.45, 2.75) is 35.8 Å². The van der Waals surface area contributed by atoms with Crippen molar-refractivity contribution >= 4 is 22.3 Å². The number of hydrogen-bond acceptors (Lipinski definition) is 6. The predicted molar refractivity (Wildman–Crippen MR) is 95.3 cm³/mol. The molecule has 2 aromatic rings. The van der Waals surface area contributed by atoms with Crippen molar-refractivity contribution in [1.82, 2.24) is 9.97 Å². The van der Waals surface area contributed by atoms with Crippen LogP contribution in [0.15, 0.2) is 35.4 Å². The lowest BCUT2D eigenvalue weighted by Gasteiger charge is -2.16. The first-order chi connectivity index (χ1) is 12.4. The Kier molecular flexibility index (Phi) is 5.47. The average Bonchev–Trinajstić information content (AvgIpc) is 3.44. The Balaban J connectivity index is 1.77. The van der Waals surface area contributed by atoms with Gasteiger partial charge in [-0.05, 0) is 37.1 Å². The highest BCUT2D eigenvalue weighted by molar-refractivity contribution is 7.87. The van der Waals surface area contributed by atoms with Crippen LogP contribution < -0.4 is 10.1 Å². The summed E-state index contributed by atoms with van der Waals surface area (Å²) in [5.41, 5.74) is 0.250. The number of hydrogen-bond donors (Lipinski definition) is 3. The van der Waals surface area contributed by atoms with E-state index < -0.39 is 22.2 Å². The first kappa shape index (κ1) is 18.7. The SMILES string of the molecule is CC(F)(F)c1cnc(Nc2ccc(S(=N)C3CC3)cc2)nc1OCCO. The van der Waals surface area contributed by atoms with Gasteiger partial charge >= 0.3 is 0 Å². The first-order valence-electron chi connectivity index (χ1n) is 8.19. The number of halogens is 2. The van der Waals surface area contributed by atoms with Crippen LogP contribution in [-0.2, 0) is 16.6 Å². The van der Waals surface area contributed by atoms with Crippen molar-refractivity contribution in [3.05, 3.63) is 36.0 Å². The molecule has 1 aliphatic rings. The van der Waals surface area contributed by atoms with Gasteiger partial charge in [-0.2, -0.15) is 4.98 Å². The Morgan fingerprint density at radius 2 is 2.04 bits per heavy atom. The summed E-state index contributed by atoms with van der Waals surface area (Å²) in [7, 11) is -0.485. The number of ether oxygens (including phenoxy) is 1. The van der Waals surface area contributed by atoms with Crippen LogP contribution in [0.2, 0.25) is 0 Å². The highest BCUT2D eigenvalue weighted by Gasteiger charge is 2.31. The number of aromatic nitrogens is 2. The number of alkyl halides is 2. The number of nitrogens with zero attached hydrogens (tertiary/aromatic N) is 2. The summed E-state index contributed by atoms with van der Waals surface area (Å²) >= 11 is 0. The van der Waals surface area contributed by atoms with Crippen molar-refractivity contribution in [2.75, 3.05) is 18.5 Å². The van der Waals surface area contributed by atoms with E-state index in [1.54, 1.807) is 0 Å². The van der Waals surface area contributed by atoms with Gasteiger partial charge in [-0.3, -0.25) is 4.78 Å². The molecule has 26 heavy (non-hydrogen) atoms. The van der Waals surface area contributed by atoms with E-state index in [9.17, 15) is 8.78 Å². The molecule has 9 heteroatoms. The molecule has 0 spiro atoms. The summed E-state index contributed by atoms with van der Waals surface area (Å²) in [6.07, 6.45) is 3.25. The molecule has 1 aliphatic carbocycles. The van der Waals surface area contributed by atoms with E-state index in [0.717, 1.165) is 30.9 Å². The summed E-state index contributed by atoms with van der Waals surface area (Å²) in [5.74, 6) is -3.30. The lowest BCUT2D eigenvalue weighted by atomic mass is 10.2. The highest BCUT2D eigenvalue weighted by atomic mass is 32.2. The number of rotatable bonds is 8. The Morgan fingerprint density at radius 1 is 1.35 bits per heavy atom. The van der Waals surface area contributed by atoms with Gasteiger partial charge in [-0.15, -0.1) is 0 Å². The highest BCUT2D eigenvalue weighted by Crippen LogP contribution is 2.34. The number of nitrogens with one attached hydrogen (secondary N) is 2. The lowest BCUT2D eigenvalue weighted by Crippen LogP contribution is -2.15. The fraction of sp³-hybridized carbons (Fsp3) is 0.412. The third-order valence-electron chi connectivity index (χ3n) is 3.78. The van der Waals surface area contributed by atoms with Gasteiger partial charge in [0.1, 0.15) is 12.2 Å². The van der Waals surface area contributed by atoms with Crippen LogP contribution >= 0.6 is 0 Å². The molecule has 1 atom stereocenters. The van der Waals surface area contributed by atoms with Gasteiger partial charge in [0.2, 0.25) is 11.8 Å². The van der Waals surface area contributed by atoms with Gasteiger partial charge in [0.15, 0.2) is 0 Å². The summed E-state index contributed by atoms with van der Waals surface area (Å²) < 4.78 is 40.6. The molecule has 1 heterocycles. The molecule has 1 fully saturated rings. The van der Waals surface area contributed by atoms with Gasteiger partial charge < -0.3 is 15.2 Å². The zero-order valence-electron chi connectivity index (χ0n) is 14.2. The van der Waals surface area contributed by atoms with Gasteiger partial charge in [-0.1, -0.05) is 10.7 Å². The Labute approximate surface area is 152 Å². The smallest absolute Gasteiger partial charge is 0.277 e. The van der Waals surface area contributed by atoms with Crippen LogP contribution in [0.3, 0.4) is 0 Å². The van der Waals surface area contributed by atoms with E-state index in [4.69, 9.17) is 14.6 Å². The molecule has 0 saturated heterocycles. The van der Waals surface area contributed by atoms with Crippen LogP contribution in [0.4, 0.5) is 20.4 Å².